The van der Waals surface area contributed by atoms with Crippen LogP contribution in [0.25, 0.3) is 0 Å². The van der Waals surface area contributed by atoms with Crippen molar-refractivity contribution < 1.29 is 5.11 Å². The molecule has 1 aromatic heterocycles. The Morgan fingerprint density at radius 1 is 1.50 bits per heavy atom. The van der Waals surface area contributed by atoms with Gasteiger partial charge < -0.3 is 15.0 Å². The van der Waals surface area contributed by atoms with Gasteiger partial charge >= 0.3 is 0 Å². The largest absolute Gasteiger partial charge is 0.389 e. The molecule has 1 heterocycles. The average Bonchev–Trinajstić information content (AvgIpc) is 2.54. The fourth-order valence-electron chi connectivity index (χ4n) is 1.20. The topological polar surface area (TPSA) is 50.1 Å². The second kappa shape index (κ2) is 5.12. The van der Waals surface area contributed by atoms with Crippen molar-refractivity contribution in [3.05, 3.63) is 18.7 Å². The van der Waals surface area contributed by atoms with Gasteiger partial charge in [-0.15, -0.1) is 0 Å². The zero-order chi connectivity index (χ0) is 10.4. The molecule has 0 spiro atoms. The van der Waals surface area contributed by atoms with Crippen LogP contribution in [0.5, 0.6) is 0 Å². The van der Waals surface area contributed by atoms with Gasteiger partial charge in [-0.2, -0.15) is 0 Å². The predicted molar refractivity (Wildman–Crippen MR) is 56.0 cm³/mol. The van der Waals surface area contributed by atoms with Gasteiger partial charge in [0.15, 0.2) is 0 Å². The fourth-order valence-corrected chi connectivity index (χ4v) is 1.20. The van der Waals surface area contributed by atoms with Gasteiger partial charge in [0, 0.05) is 25.5 Å². The molecule has 0 fully saturated rings. The molecule has 0 aliphatic carbocycles. The molecule has 0 saturated carbocycles. The molecular formula is C10H19N3O. The lowest BCUT2D eigenvalue weighted by atomic mass is 10.1. The van der Waals surface area contributed by atoms with Gasteiger partial charge in [-0.1, -0.05) is 0 Å². The number of aromatic nitrogens is 2. The number of rotatable bonds is 6. The minimum absolute atomic E-state index is 0.616. The Bertz CT molecular complexity index is 238. The van der Waals surface area contributed by atoms with Crippen LogP contribution in [0.15, 0.2) is 18.7 Å². The zero-order valence-electron chi connectivity index (χ0n) is 8.90. The van der Waals surface area contributed by atoms with Gasteiger partial charge in [-0.3, -0.25) is 0 Å². The van der Waals surface area contributed by atoms with E-state index in [2.05, 4.69) is 10.3 Å². The number of aryl methyl sites for hydroxylation is 1. The Kier molecular flexibility index (Phi) is 4.10. The first-order valence-electron chi connectivity index (χ1n) is 4.97. The van der Waals surface area contributed by atoms with E-state index < -0.39 is 5.60 Å². The zero-order valence-corrected chi connectivity index (χ0v) is 8.90. The van der Waals surface area contributed by atoms with Crippen LogP contribution in [0.3, 0.4) is 0 Å². The Balaban J connectivity index is 2.00. The van der Waals surface area contributed by atoms with Crippen LogP contribution in [-0.2, 0) is 6.54 Å². The summed E-state index contributed by atoms with van der Waals surface area (Å²) in [6, 6.07) is 0. The Morgan fingerprint density at radius 3 is 2.86 bits per heavy atom. The van der Waals surface area contributed by atoms with Gasteiger partial charge in [-0.25, -0.2) is 4.98 Å². The van der Waals surface area contributed by atoms with Crippen molar-refractivity contribution in [1.82, 2.24) is 14.9 Å². The fraction of sp³-hybridized carbons (Fsp3) is 0.700. The molecule has 1 aromatic rings. The van der Waals surface area contributed by atoms with Crippen molar-refractivity contribution >= 4 is 0 Å². The molecule has 4 heteroatoms. The highest BCUT2D eigenvalue weighted by atomic mass is 16.3. The molecule has 0 saturated heterocycles. The summed E-state index contributed by atoms with van der Waals surface area (Å²) < 4.78 is 2.05. The van der Waals surface area contributed by atoms with E-state index >= 15 is 0 Å². The van der Waals surface area contributed by atoms with Crippen LogP contribution in [0, 0.1) is 0 Å². The highest BCUT2D eigenvalue weighted by molar-refractivity contribution is 4.74. The maximum absolute atomic E-state index is 9.42. The molecule has 1 rings (SSSR count). The molecule has 80 valence electrons. The second-order valence-electron chi connectivity index (χ2n) is 4.14. The van der Waals surface area contributed by atoms with E-state index in [1.165, 1.54) is 0 Å². The molecule has 0 atom stereocenters. The van der Waals surface area contributed by atoms with Gasteiger partial charge in [0.1, 0.15) is 0 Å². The van der Waals surface area contributed by atoms with Crippen molar-refractivity contribution in [2.75, 3.05) is 13.1 Å². The van der Waals surface area contributed by atoms with E-state index in [4.69, 9.17) is 0 Å². The lowest BCUT2D eigenvalue weighted by Crippen LogP contribution is -2.35. The van der Waals surface area contributed by atoms with Gasteiger partial charge in [-0.05, 0) is 26.8 Å². The second-order valence-corrected chi connectivity index (χ2v) is 4.14. The average molecular weight is 197 g/mol. The smallest absolute Gasteiger partial charge is 0.0945 e. The predicted octanol–water partition coefficient (Wildman–Crippen LogP) is 0.634. The van der Waals surface area contributed by atoms with Crippen LogP contribution in [0.1, 0.15) is 20.3 Å². The minimum atomic E-state index is -0.616. The van der Waals surface area contributed by atoms with Crippen LogP contribution in [-0.4, -0.2) is 33.3 Å². The summed E-state index contributed by atoms with van der Waals surface area (Å²) in [5.74, 6) is 0. The van der Waals surface area contributed by atoms with E-state index in [1.54, 1.807) is 20.0 Å². The van der Waals surface area contributed by atoms with E-state index in [9.17, 15) is 5.11 Å². The summed E-state index contributed by atoms with van der Waals surface area (Å²) in [5, 5.41) is 12.6. The molecule has 0 bridgehead atoms. The van der Waals surface area contributed by atoms with Crippen molar-refractivity contribution in [2.24, 2.45) is 0 Å². The third kappa shape index (κ3) is 4.99. The first-order valence-corrected chi connectivity index (χ1v) is 4.97. The van der Waals surface area contributed by atoms with E-state index in [1.807, 2.05) is 17.1 Å². The number of aliphatic hydroxyl groups is 1. The van der Waals surface area contributed by atoms with Crippen molar-refractivity contribution in [3.63, 3.8) is 0 Å². The van der Waals surface area contributed by atoms with Crippen molar-refractivity contribution in [2.45, 2.75) is 32.4 Å². The summed E-state index contributed by atoms with van der Waals surface area (Å²) in [7, 11) is 0. The van der Waals surface area contributed by atoms with Crippen LogP contribution < -0.4 is 5.32 Å². The molecule has 4 nitrogen and oxygen atoms in total. The molecule has 0 aromatic carbocycles. The number of hydrogen-bond donors (Lipinski definition) is 2. The van der Waals surface area contributed by atoms with Crippen molar-refractivity contribution in [1.29, 1.82) is 0 Å². The van der Waals surface area contributed by atoms with E-state index in [0.29, 0.717) is 6.54 Å². The summed E-state index contributed by atoms with van der Waals surface area (Å²) in [5.41, 5.74) is -0.616. The van der Waals surface area contributed by atoms with E-state index in [0.717, 1.165) is 19.5 Å². The first kappa shape index (κ1) is 11.2. The third-order valence-electron chi connectivity index (χ3n) is 1.89. The van der Waals surface area contributed by atoms with Gasteiger partial charge in [0.05, 0.1) is 11.9 Å². The monoisotopic (exact) mass is 197 g/mol. The third-order valence-corrected chi connectivity index (χ3v) is 1.89. The Morgan fingerprint density at radius 2 is 2.29 bits per heavy atom. The number of nitrogens with zero attached hydrogens (tertiary/aromatic N) is 2. The minimum Gasteiger partial charge on any atom is -0.389 e. The lowest BCUT2D eigenvalue weighted by Gasteiger charge is -2.17. The highest BCUT2D eigenvalue weighted by Gasteiger charge is 2.10. The molecule has 2 N–H and O–H groups in total. The standard InChI is InChI=1S/C10H19N3O/c1-10(2,14)8-11-4-3-6-13-7-5-12-9-13/h5,7,9,11,14H,3-4,6,8H2,1-2H3. The maximum atomic E-state index is 9.42. The molecular weight excluding hydrogens is 178 g/mol. The first-order chi connectivity index (χ1) is 6.58. The molecule has 0 aliphatic rings. The summed E-state index contributed by atoms with van der Waals surface area (Å²) >= 11 is 0. The van der Waals surface area contributed by atoms with Gasteiger partial charge in [0.25, 0.3) is 0 Å². The van der Waals surface area contributed by atoms with Crippen molar-refractivity contribution in [3.8, 4) is 0 Å². The van der Waals surface area contributed by atoms with E-state index in [-0.39, 0.29) is 0 Å². The van der Waals surface area contributed by atoms with Gasteiger partial charge in [0.2, 0.25) is 0 Å². The summed E-state index contributed by atoms with van der Waals surface area (Å²) in [4.78, 5) is 3.96. The number of nitrogens with one attached hydrogen (secondary N) is 1. The quantitative estimate of drug-likeness (QED) is 0.658. The highest BCUT2D eigenvalue weighted by Crippen LogP contribution is 1.97. The molecule has 14 heavy (non-hydrogen) atoms. The molecule has 0 aliphatic heterocycles. The summed E-state index contributed by atoms with van der Waals surface area (Å²) in [6.45, 7) is 6.13. The Hall–Kier alpha value is -0.870. The molecule has 0 unspecified atom stereocenters. The van der Waals surface area contributed by atoms with Crippen LogP contribution in [0.4, 0.5) is 0 Å². The number of hydrogen-bond acceptors (Lipinski definition) is 3. The molecule has 0 radical (unpaired) electrons. The molecule has 0 amide bonds. The normalized spacial score (nSPS) is 11.9. The lowest BCUT2D eigenvalue weighted by molar-refractivity contribution is 0.0798. The summed E-state index contributed by atoms with van der Waals surface area (Å²) in [6.07, 6.45) is 6.60. The SMILES string of the molecule is CC(C)(O)CNCCCn1ccnc1. The Labute approximate surface area is 85.0 Å². The van der Waals surface area contributed by atoms with Crippen LogP contribution >= 0.6 is 0 Å². The van der Waals surface area contributed by atoms with Crippen LogP contribution in [0.2, 0.25) is 0 Å². The maximum Gasteiger partial charge on any atom is 0.0945 e. The number of imidazole rings is 1.